The number of H-pyrrole nitrogens is 1. The number of hydrogen-bond acceptors (Lipinski definition) is 6. The summed E-state index contributed by atoms with van der Waals surface area (Å²) >= 11 is 0. The number of hydrogen-bond donors (Lipinski definition) is 2. The minimum absolute atomic E-state index is 0.291. The number of nitrogens with zero attached hydrogens (tertiary/aromatic N) is 5. The first-order valence-electron chi connectivity index (χ1n) is 6.77. The van der Waals surface area contributed by atoms with E-state index in [0.717, 1.165) is 43.6 Å². The number of anilines is 2. The van der Waals surface area contributed by atoms with Crippen molar-refractivity contribution in [1.82, 2.24) is 24.8 Å². The molecule has 3 heterocycles. The van der Waals surface area contributed by atoms with Crippen LogP contribution in [0.15, 0.2) is 6.33 Å². The Bertz CT molecular complexity index is 595. The van der Waals surface area contributed by atoms with Crippen LogP contribution >= 0.6 is 0 Å². The second kappa shape index (κ2) is 4.06. The first kappa shape index (κ1) is 11.0. The number of nitrogens with two attached hydrogens (primary N) is 1. The van der Waals surface area contributed by atoms with Crippen LogP contribution in [0, 0.1) is 0 Å². The highest BCUT2D eigenvalue weighted by Gasteiger charge is 2.32. The van der Waals surface area contributed by atoms with Crippen molar-refractivity contribution in [2.24, 2.45) is 0 Å². The molecular weight excluding hydrogens is 242 g/mol. The maximum absolute atomic E-state index is 5.76. The Morgan fingerprint density at radius 2 is 1.95 bits per heavy atom. The molecular formula is C12H17N7. The van der Waals surface area contributed by atoms with Crippen LogP contribution in [-0.4, -0.2) is 57.1 Å². The number of aromatic nitrogens is 4. The first-order chi connectivity index (χ1) is 9.31. The third-order valence-electron chi connectivity index (χ3n) is 3.96. The molecule has 1 aliphatic carbocycles. The summed E-state index contributed by atoms with van der Waals surface area (Å²) in [6, 6.07) is 0.838. The minimum atomic E-state index is 0.291. The third kappa shape index (κ3) is 1.90. The molecule has 4 rings (SSSR count). The molecule has 3 N–H and O–H groups in total. The summed E-state index contributed by atoms with van der Waals surface area (Å²) in [5.74, 6) is 1.18. The standard InChI is InChI=1S/C12H17N7/c13-12-16-10-9(14-7-15-10)11(17-12)19-5-3-18(4-6-19)8-1-2-8/h7-8H,1-6H2,(H3,13,14,15,16,17). The molecule has 0 spiro atoms. The van der Waals surface area contributed by atoms with Crippen LogP contribution in [0.2, 0.25) is 0 Å². The van der Waals surface area contributed by atoms with Gasteiger partial charge in [-0.15, -0.1) is 0 Å². The first-order valence-corrected chi connectivity index (χ1v) is 6.77. The predicted molar refractivity (Wildman–Crippen MR) is 72.9 cm³/mol. The molecule has 0 atom stereocenters. The van der Waals surface area contributed by atoms with Gasteiger partial charge in [-0.25, -0.2) is 4.98 Å². The number of nitrogens with one attached hydrogen (secondary N) is 1. The summed E-state index contributed by atoms with van der Waals surface area (Å²) in [6.07, 6.45) is 4.37. The van der Waals surface area contributed by atoms with E-state index in [-0.39, 0.29) is 0 Å². The zero-order chi connectivity index (χ0) is 12.8. The van der Waals surface area contributed by atoms with Gasteiger partial charge in [-0.3, -0.25) is 4.90 Å². The van der Waals surface area contributed by atoms with E-state index in [1.807, 2.05) is 0 Å². The molecule has 1 saturated carbocycles. The molecule has 0 unspecified atom stereocenters. The van der Waals surface area contributed by atoms with Crippen molar-refractivity contribution in [2.75, 3.05) is 36.8 Å². The van der Waals surface area contributed by atoms with Crippen LogP contribution in [0.1, 0.15) is 12.8 Å². The van der Waals surface area contributed by atoms with E-state index < -0.39 is 0 Å². The van der Waals surface area contributed by atoms with Gasteiger partial charge < -0.3 is 15.6 Å². The summed E-state index contributed by atoms with van der Waals surface area (Å²) in [4.78, 5) is 20.6. The lowest BCUT2D eigenvalue weighted by molar-refractivity contribution is 0.248. The van der Waals surface area contributed by atoms with Gasteiger partial charge in [0.2, 0.25) is 5.95 Å². The van der Waals surface area contributed by atoms with Gasteiger partial charge in [0.15, 0.2) is 11.5 Å². The number of fused-ring (bicyclic) bond motifs is 1. The molecule has 0 aromatic carbocycles. The highest BCUT2D eigenvalue weighted by atomic mass is 15.3. The van der Waals surface area contributed by atoms with Gasteiger partial charge in [0.25, 0.3) is 0 Å². The molecule has 19 heavy (non-hydrogen) atoms. The average Bonchev–Trinajstić information content (AvgIpc) is 3.17. The molecule has 2 fully saturated rings. The van der Waals surface area contributed by atoms with Gasteiger partial charge >= 0.3 is 0 Å². The SMILES string of the molecule is Nc1nc(N2CCN(C3CC3)CC2)c2[nH]cnc2n1. The zero-order valence-electron chi connectivity index (χ0n) is 10.7. The van der Waals surface area contributed by atoms with E-state index in [1.165, 1.54) is 12.8 Å². The van der Waals surface area contributed by atoms with Gasteiger partial charge in [-0.1, -0.05) is 0 Å². The van der Waals surface area contributed by atoms with Gasteiger partial charge in [-0.2, -0.15) is 9.97 Å². The molecule has 2 aromatic heterocycles. The fraction of sp³-hybridized carbons (Fsp3) is 0.583. The monoisotopic (exact) mass is 259 g/mol. The zero-order valence-corrected chi connectivity index (χ0v) is 10.7. The topological polar surface area (TPSA) is 87.0 Å². The Balaban J connectivity index is 1.61. The van der Waals surface area contributed by atoms with Gasteiger partial charge in [0.05, 0.1) is 6.33 Å². The van der Waals surface area contributed by atoms with E-state index in [9.17, 15) is 0 Å². The van der Waals surface area contributed by atoms with Crippen molar-refractivity contribution in [3.63, 3.8) is 0 Å². The molecule has 0 amide bonds. The van der Waals surface area contributed by atoms with Crippen molar-refractivity contribution in [2.45, 2.75) is 18.9 Å². The summed E-state index contributed by atoms with van der Waals surface area (Å²) in [6.45, 7) is 4.18. The Morgan fingerprint density at radius 1 is 1.16 bits per heavy atom. The smallest absolute Gasteiger partial charge is 0.224 e. The molecule has 100 valence electrons. The Labute approximate surface area is 110 Å². The molecule has 2 aromatic rings. The van der Waals surface area contributed by atoms with Crippen LogP contribution in [0.4, 0.5) is 11.8 Å². The second-order valence-electron chi connectivity index (χ2n) is 5.26. The Kier molecular flexibility index (Phi) is 2.34. The van der Waals surface area contributed by atoms with E-state index in [4.69, 9.17) is 5.73 Å². The summed E-state index contributed by atoms with van der Waals surface area (Å²) in [5, 5.41) is 0. The van der Waals surface area contributed by atoms with Crippen LogP contribution < -0.4 is 10.6 Å². The fourth-order valence-electron chi connectivity index (χ4n) is 2.80. The highest BCUT2D eigenvalue weighted by Crippen LogP contribution is 2.29. The van der Waals surface area contributed by atoms with Gasteiger partial charge in [-0.05, 0) is 12.8 Å². The highest BCUT2D eigenvalue weighted by molar-refractivity contribution is 5.84. The van der Waals surface area contributed by atoms with Crippen molar-refractivity contribution in [3.8, 4) is 0 Å². The lowest BCUT2D eigenvalue weighted by atomic mass is 10.3. The molecule has 0 radical (unpaired) electrons. The quantitative estimate of drug-likeness (QED) is 0.802. The largest absolute Gasteiger partial charge is 0.368 e. The summed E-state index contributed by atoms with van der Waals surface area (Å²) in [5.41, 5.74) is 7.29. The lowest BCUT2D eigenvalue weighted by Crippen LogP contribution is -2.47. The second-order valence-corrected chi connectivity index (χ2v) is 5.26. The number of aromatic amines is 1. The van der Waals surface area contributed by atoms with Crippen LogP contribution in [-0.2, 0) is 0 Å². The third-order valence-corrected chi connectivity index (χ3v) is 3.96. The molecule has 0 bridgehead atoms. The number of piperazine rings is 1. The van der Waals surface area contributed by atoms with Crippen molar-refractivity contribution >= 4 is 22.9 Å². The fourth-order valence-corrected chi connectivity index (χ4v) is 2.80. The van der Waals surface area contributed by atoms with E-state index >= 15 is 0 Å². The maximum atomic E-state index is 5.76. The number of nitrogen functional groups attached to an aromatic ring is 1. The van der Waals surface area contributed by atoms with E-state index in [1.54, 1.807) is 6.33 Å². The minimum Gasteiger partial charge on any atom is -0.368 e. The Morgan fingerprint density at radius 3 is 2.68 bits per heavy atom. The summed E-state index contributed by atoms with van der Waals surface area (Å²) in [7, 11) is 0. The number of imidazole rings is 1. The Hall–Kier alpha value is -1.89. The predicted octanol–water partition coefficient (Wildman–Crippen LogP) is 0.219. The average molecular weight is 259 g/mol. The van der Waals surface area contributed by atoms with Crippen molar-refractivity contribution < 1.29 is 0 Å². The van der Waals surface area contributed by atoms with Crippen LogP contribution in [0.25, 0.3) is 11.2 Å². The number of rotatable bonds is 2. The maximum Gasteiger partial charge on any atom is 0.224 e. The molecule has 1 aliphatic heterocycles. The van der Waals surface area contributed by atoms with Crippen LogP contribution in [0.3, 0.4) is 0 Å². The molecule has 7 heteroatoms. The molecule has 7 nitrogen and oxygen atoms in total. The van der Waals surface area contributed by atoms with Crippen LogP contribution in [0.5, 0.6) is 0 Å². The lowest BCUT2D eigenvalue weighted by Gasteiger charge is -2.35. The van der Waals surface area contributed by atoms with Gasteiger partial charge in [0, 0.05) is 32.2 Å². The van der Waals surface area contributed by atoms with Gasteiger partial charge in [0.1, 0.15) is 5.52 Å². The molecule has 2 aliphatic rings. The van der Waals surface area contributed by atoms with E-state index in [0.29, 0.717) is 11.6 Å². The van der Waals surface area contributed by atoms with Crippen molar-refractivity contribution in [1.29, 1.82) is 0 Å². The molecule has 1 saturated heterocycles. The van der Waals surface area contributed by atoms with E-state index in [2.05, 4.69) is 29.7 Å². The van der Waals surface area contributed by atoms with Crippen molar-refractivity contribution in [3.05, 3.63) is 6.33 Å². The normalized spacial score (nSPS) is 21.2. The summed E-state index contributed by atoms with van der Waals surface area (Å²) < 4.78 is 0.